The fraction of sp³-hybridized carbons (Fsp3) is 0.400. The van der Waals surface area contributed by atoms with Gasteiger partial charge >= 0.3 is 6.18 Å². The zero-order chi connectivity index (χ0) is 15.8. The molecule has 0 spiro atoms. The minimum Gasteiger partial charge on any atom is -0.375 e. The molecule has 0 saturated carbocycles. The van der Waals surface area contributed by atoms with E-state index in [1.54, 1.807) is 6.07 Å². The highest BCUT2D eigenvalue weighted by atomic mass is 32.1. The van der Waals surface area contributed by atoms with Crippen molar-refractivity contribution in [1.29, 1.82) is 0 Å². The number of thiazole rings is 1. The molecule has 0 saturated heterocycles. The Morgan fingerprint density at radius 3 is 2.52 bits per heavy atom. The normalized spacial score (nSPS) is 12.1. The van der Waals surface area contributed by atoms with Gasteiger partial charge in [-0.25, -0.2) is 4.98 Å². The number of aryl methyl sites for hydroxylation is 1. The van der Waals surface area contributed by atoms with Crippen LogP contribution in [0.25, 0.3) is 0 Å². The number of rotatable bonds is 3. The molecule has 114 valence electrons. The van der Waals surface area contributed by atoms with E-state index < -0.39 is 11.7 Å². The van der Waals surface area contributed by atoms with E-state index in [2.05, 4.69) is 4.98 Å². The van der Waals surface area contributed by atoms with E-state index in [0.717, 1.165) is 10.6 Å². The smallest absolute Gasteiger partial charge is 0.375 e. The summed E-state index contributed by atoms with van der Waals surface area (Å²) in [5.74, 6) is 0.195. The molecule has 1 aromatic carbocycles. The van der Waals surface area contributed by atoms with Crippen LogP contribution in [0, 0.1) is 6.92 Å². The first kappa shape index (κ1) is 15.8. The van der Waals surface area contributed by atoms with Crippen molar-refractivity contribution in [2.24, 2.45) is 0 Å². The fourth-order valence-corrected chi connectivity index (χ4v) is 3.25. The van der Waals surface area contributed by atoms with Crippen LogP contribution in [0.1, 0.15) is 47.0 Å². The zero-order valence-corrected chi connectivity index (χ0v) is 12.9. The van der Waals surface area contributed by atoms with Crippen LogP contribution in [0.3, 0.4) is 0 Å². The van der Waals surface area contributed by atoms with Crippen molar-refractivity contribution in [2.45, 2.75) is 39.3 Å². The molecule has 0 atom stereocenters. The Hall–Kier alpha value is -1.56. The lowest BCUT2D eigenvalue weighted by molar-refractivity contribution is -0.138. The molecule has 0 aliphatic rings. The number of nitrogen functional groups attached to an aromatic ring is 1. The van der Waals surface area contributed by atoms with Crippen LogP contribution in [0.5, 0.6) is 0 Å². The topological polar surface area (TPSA) is 38.9 Å². The fourth-order valence-electron chi connectivity index (χ4n) is 2.23. The van der Waals surface area contributed by atoms with Gasteiger partial charge in [-0.1, -0.05) is 26.0 Å². The molecule has 0 bridgehead atoms. The van der Waals surface area contributed by atoms with Gasteiger partial charge in [0.1, 0.15) is 0 Å². The van der Waals surface area contributed by atoms with Crippen LogP contribution in [-0.4, -0.2) is 4.98 Å². The van der Waals surface area contributed by atoms with Crippen molar-refractivity contribution in [3.05, 3.63) is 45.5 Å². The lowest BCUT2D eigenvalue weighted by atomic mass is 10.0. The molecule has 0 unspecified atom stereocenters. The number of alkyl halides is 3. The average molecular weight is 314 g/mol. The number of anilines is 1. The summed E-state index contributed by atoms with van der Waals surface area (Å²) in [5.41, 5.74) is 6.87. The first-order valence-electron chi connectivity index (χ1n) is 6.60. The van der Waals surface area contributed by atoms with Crippen molar-refractivity contribution in [3.8, 4) is 0 Å². The van der Waals surface area contributed by atoms with Gasteiger partial charge in [0.15, 0.2) is 5.13 Å². The van der Waals surface area contributed by atoms with Crippen molar-refractivity contribution < 1.29 is 13.2 Å². The van der Waals surface area contributed by atoms with Crippen molar-refractivity contribution in [3.63, 3.8) is 0 Å². The van der Waals surface area contributed by atoms with Gasteiger partial charge < -0.3 is 5.73 Å². The molecule has 0 amide bonds. The quantitative estimate of drug-likeness (QED) is 0.886. The Kier molecular flexibility index (Phi) is 4.27. The number of halogens is 3. The third-order valence-corrected chi connectivity index (χ3v) is 4.16. The third kappa shape index (κ3) is 3.56. The van der Waals surface area contributed by atoms with Crippen molar-refractivity contribution in [1.82, 2.24) is 4.98 Å². The highest BCUT2D eigenvalue weighted by Crippen LogP contribution is 2.34. The summed E-state index contributed by atoms with van der Waals surface area (Å²) in [5, 5.41) is 0.455. The van der Waals surface area contributed by atoms with Gasteiger partial charge in [-0.3, -0.25) is 0 Å². The second-order valence-electron chi connectivity index (χ2n) is 5.34. The molecular weight excluding hydrogens is 297 g/mol. The Balaban J connectivity index is 2.37. The highest BCUT2D eigenvalue weighted by Gasteiger charge is 2.32. The first-order valence-corrected chi connectivity index (χ1v) is 7.42. The summed E-state index contributed by atoms with van der Waals surface area (Å²) >= 11 is 1.34. The summed E-state index contributed by atoms with van der Waals surface area (Å²) in [4.78, 5) is 5.20. The second kappa shape index (κ2) is 5.67. The molecule has 2 nitrogen and oxygen atoms in total. The minimum atomic E-state index is -4.33. The number of nitrogens with two attached hydrogens (primary N) is 1. The molecule has 2 N–H and O–H groups in total. The second-order valence-corrected chi connectivity index (χ2v) is 6.45. The van der Waals surface area contributed by atoms with Crippen LogP contribution >= 0.6 is 11.3 Å². The van der Waals surface area contributed by atoms with E-state index in [0.29, 0.717) is 17.1 Å². The molecule has 21 heavy (non-hydrogen) atoms. The molecule has 6 heteroatoms. The largest absolute Gasteiger partial charge is 0.416 e. The van der Waals surface area contributed by atoms with Gasteiger partial charge in [-0.05, 0) is 30.0 Å². The first-order chi connectivity index (χ1) is 9.68. The average Bonchev–Trinajstić information content (AvgIpc) is 2.71. The molecule has 0 aliphatic heterocycles. The molecule has 0 aliphatic carbocycles. The van der Waals surface area contributed by atoms with Gasteiger partial charge in [0.2, 0.25) is 0 Å². The maximum atomic E-state index is 12.9. The lowest BCUT2D eigenvalue weighted by Gasteiger charge is -2.12. The van der Waals surface area contributed by atoms with Gasteiger partial charge in [-0.15, -0.1) is 11.3 Å². The Morgan fingerprint density at radius 2 is 1.95 bits per heavy atom. The van der Waals surface area contributed by atoms with E-state index in [9.17, 15) is 13.2 Å². The van der Waals surface area contributed by atoms with Gasteiger partial charge in [-0.2, -0.15) is 13.2 Å². The van der Waals surface area contributed by atoms with Crippen LogP contribution in [0.2, 0.25) is 0 Å². The van der Waals surface area contributed by atoms with Gasteiger partial charge in [0.25, 0.3) is 0 Å². The van der Waals surface area contributed by atoms with Crippen molar-refractivity contribution in [2.75, 3.05) is 5.73 Å². The Morgan fingerprint density at radius 1 is 1.29 bits per heavy atom. The summed E-state index contributed by atoms with van der Waals surface area (Å²) in [6.07, 6.45) is -3.90. The zero-order valence-electron chi connectivity index (χ0n) is 12.1. The predicted molar refractivity (Wildman–Crippen MR) is 79.6 cm³/mol. The van der Waals surface area contributed by atoms with Crippen LogP contribution < -0.4 is 5.73 Å². The minimum absolute atomic E-state index is 0.195. The molecule has 1 aromatic heterocycles. The molecule has 0 radical (unpaired) electrons. The summed E-state index contributed by atoms with van der Waals surface area (Å²) < 4.78 is 38.8. The Bertz CT molecular complexity index is 645. The highest BCUT2D eigenvalue weighted by molar-refractivity contribution is 7.15. The standard InChI is InChI=1S/C15H17F3N2S/c1-8(2)13-12(21-14(19)20-13)7-10-5-4-9(3)11(6-10)15(16,17)18/h4-6,8H,7H2,1-3H3,(H2,19,20). The van der Waals surface area contributed by atoms with Crippen LogP contribution in [0.4, 0.5) is 18.3 Å². The molecule has 2 rings (SSSR count). The van der Waals surface area contributed by atoms with E-state index in [-0.39, 0.29) is 11.5 Å². The Labute approximate surface area is 125 Å². The summed E-state index contributed by atoms with van der Waals surface area (Å²) in [7, 11) is 0. The SMILES string of the molecule is Cc1ccc(Cc2sc(N)nc2C(C)C)cc1C(F)(F)F. The maximum absolute atomic E-state index is 12.9. The molecular formula is C15H17F3N2S. The van der Waals surface area contributed by atoms with E-state index in [4.69, 9.17) is 5.73 Å². The predicted octanol–water partition coefficient (Wildman–Crippen LogP) is 4.77. The number of aromatic nitrogens is 1. The summed E-state index contributed by atoms with van der Waals surface area (Å²) in [6, 6.07) is 4.46. The molecule has 1 heterocycles. The van der Waals surface area contributed by atoms with Gasteiger partial charge in [0, 0.05) is 11.3 Å². The molecule has 2 aromatic rings. The number of hydrogen-bond donors (Lipinski definition) is 1. The van der Waals surface area contributed by atoms with Crippen molar-refractivity contribution >= 4 is 16.5 Å². The molecule has 0 fully saturated rings. The third-order valence-electron chi connectivity index (χ3n) is 3.26. The van der Waals surface area contributed by atoms with E-state index in [1.165, 1.54) is 30.4 Å². The number of hydrogen-bond acceptors (Lipinski definition) is 3. The van der Waals surface area contributed by atoms with Gasteiger partial charge in [0.05, 0.1) is 11.3 Å². The number of nitrogens with zero attached hydrogens (tertiary/aromatic N) is 1. The van der Waals surface area contributed by atoms with Crippen LogP contribution in [-0.2, 0) is 12.6 Å². The van der Waals surface area contributed by atoms with E-state index >= 15 is 0 Å². The lowest BCUT2D eigenvalue weighted by Crippen LogP contribution is -2.08. The number of benzene rings is 1. The monoisotopic (exact) mass is 314 g/mol. The van der Waals surface area contributed by atoms with Crippen LogP contribution in [0.15, 0.2) is 18.2 Å². The van der Waals surface area contributed by atoms with E-state index in [1.807, 2.05) is 13.8 Å². The summed E-state index contributed by atoms with van der Waals surface area (Å²) in [6.45, 7) is 5.46. The maximum Gasteiger partial charge on any atom is 0.416 e.